The second-order valence-electron chi connectivity index (χ2n) is 5.35. The summed E-state index contributed by atoms with van der Waals surface area (Å²) in [5.41, 5.74) is 0.741. The van der Waals surface area contributed by atoms with Gasteiger partial charge in [-0.15, -0.1) is 0 Å². The van der Waals surface area contributed by atoms with Crippen molar-refractivity contribution in [2.24, 2.45) is 0 Å². The molecule has 1 aromatic heterocycles. The monoisotopic (exact) mass is 287 g/mol. The average Bonchev–Trinajstić information content (AvgIpc) is 2.46. The van der Waals surface area contributed by atoms with Gasteiger partial charge in [0.15, 0.2) is 0 Å². The number of carboxylic acid groups (broad SMARTS) is 1. The Labute approximate surface area is 122 Å². The molecule has 0 atom stereocenters. The van der Waals surface area contributed by atoms with E-state index in [0.717, 1.165) is 18.2 Å². The van der Waals surface area contributed by atoms with Crippen molar-refractivity contribution in [3.63, 3.8) is 0 Å². The summed E-state index contributed by atoms with van der Waals surface area (Å²) in [5, 5.41) is 13.1. The number of nitrogens with zero attached hydrogens (tertiary/aromatic N) is 2. The predicted molar refractivity (Wildman–Crippen MR) is 78.6 cm³/mol. The number of methoxy groups -OCH3 is 1. The lowest BCUT2D eigenvalue weighted by atomic mass is 9.80. The molecule has 0 saturated heterocycles. The third-order valence-electron chi connectivity index (χ3n) is 4.16. The van der Waals surface area contributed by atoms with Crippen molar-refractivity contribution in [2.45, 2.75) is 24.9 Å². The first kappa shape index (κ1) is 13.8. The van der Waals surface area contributed by atoms with Gasteiger partial charge in [0.25, 0.3) is 0 Å². The van der Waals surface area contributed by atoms with Crippen molar-refractivity contribution in [3.05, 3.63) is 30.1 Å². The largest absolute Gasteiger partial charge is 0.478 e. The van der Waals surface area contributed by atoms with E-state index in [1.54, 1.807) is 25.3 Å². The lowest BCUT2D eigenvalue weighted by Gasteiger charge is -2.40. The maximum absolute atomic E-state index is 11.0. The molecule has 0 radical (unpaired) electrons. The van der Waals surface area contributed by atoms with Gasteiger partial charge in [0, 0.05) is 19.0 Å². The number of aromatic nitrogens is 2. The van der Waals surface area contributed by atoms with E-state index < -0.39 is 5.97 Å². The van der Waals surface area contributed by atoms with Crippen LogP contribution in [0.3, 0.4) is 0 Å². The third-order valence-corrected chi connectivity index (χ3v) is 4.16. The van der Waals surface area contributed by atoms with E-state index in [-0.39, 0.29) is 11.2 Å². The molecular weight excluding hydrogens is 270 g/mol. The Hall–Kier alpha value is -2.21. The molecule has 0 spiro atoms. The molecule has 1 aliphatic carbocycles. The molecule has 1 aliphatic rings. The molecule has 6 heteroatoms. The standard InChI is InChI=1S/C15H17N3O3/c1-21-15(5-2-6-15)8-16-13-11-4-3-10(14(19)20)7-12(11)17-9-18-13/h3-4,7,9H,2,5-6,8H2,1H3,(H,19,20)(H,16,17,18). The van der Waals surface area contributed by atoms with Crippen LogP contribution < -0.4 is 5.32 Å². The number of nitrogens with one attached hydrogen (secondary N) is 1. The van der Waals surface area contributed by atoms with E-state index in [1.807, 2.05) is 0 Å². The molecule has 0 bridgehead atoms. The molecule has 0 amide bonds. The summed E-state index contributed by atoms with van der Waals surface area (Å²) in [4.78, 5) is 19.4. The Morgan fingerprint density at radius 1 is 1.43 bits per heavy atom. The van der Waals surface area contributed by atoms with Crippen LogP contribution in [0.2, 0.25) is 0 Å². The van der Waals surface area contributed by atoms with Gasteiger partial charge in [0.05, 0.1) is 16.7 Å². The highest BCUT2D eigenvalue weighted by atomic mass is 16.5. The zero-order valence-electron chi connectivity index (χ0n) is 11.8. The van der Waals surface area contributed by atoms with Gasteiger partial charge in [-0.05, 0) is 37.5 Å². The second kappa shape index (κ2) is 5.29. The minimum atomic E-state index is -0.960. The normalized spacial score (nSPS) is 16.4. The predicted octanol–water partition coefficient (Wildman–Crippen LogP) is 2.31. The van der Waals surface area contributed by atoms with Gasteiger partial charge in [-0.2, -0.15) is 0 Å². The molecule has 1 saturated carbocycles. The number of benzene rings is 1. The molecule has 21 heavy (non-hydrogen) atoms. The zero-order chi connectivity index (χ0) is 14.9. The topological polar surface area (TPSA) is 84.3 Å². The summed E-state index contributed by atoms with van der Waals surface area (Å²) in [6.07, 6.45) is 4.71. The van der Waals surface area contributed by atoms with Crippen LogP contribution in [0.15, 0.2) is 24.5 Å². The van der Waals surface area contributed by atoms with Gasteiger partial charge in [0.1, 0.15) is 12.1 Å². The summed E-state index contributed by atoms with van der Waals surface area (Å²) in [6, 6.07) is 4.86. The fourth-order valence-electron chi connectivity index (χ4n) is 2.60. The number of hydrogen-bond donors (Lipinski definition) is 2. The van der Waals surface area contributed by atoms with Crippen LogP contribution in [0.5, 0.6) is 0 Å². The number of aromatic carboxylic acids is 1. The lowest BCUT2D eigenvalue weighted by molar-refractivity contribution is -0.0601. The van der Waals surface area contributed by atoms with Crippen LogP contribution >= 0.6 is 0 Å². The van der Waals surface area contributed by atoms with Crippen molar-refractivity contribution in [1.29, 1.82) is 0 Å². The first-order chi connectivity index (χ1) is 10.1. The van der Waals surface area contributed by atoms with Crippen molar-refractivity contribution < 1.29 is 14.6 Å². The van der Waals surface area contributed by atoms with Crippen molar-refractivity contribution in [3.8, 4) is 0 Å². The van der Waals surface area contributed by atoms with Crippen LogP contribution in [0.4, 0.5) is 5.82 Å². The summed E-state index contributed by atoms with van der Waals surface area (Å²) in [6.45, 7) is 0.691. The number of ether oxygens (including phenoxy) is 1. The van der Waals surface area contributed by atoms with E-state index in [1.165, 1.54) is 12.7 Å². The Balaban J connectivity index is 1.87. The third kappa shape index (κ3) is 2.54. The molecule has 0 aliphatic heterocycles. The van der Waals surface area contributed by atoms with Gasteiger partial charge in [-0.25, -0.2) is 14.8 Å². The van der Waals surface area contributed by atoms with E-state index in [9.17, 15) is 4.79 Å². The van der Waals surface area contributed by atoms with E-state index in [2.05, 4.69) is 15.3 Å². The van der Waals surface area contributed by atoms with Crippen molar-refractivity contribution in [2.75, 3.05) is 19.0 Å². The number of carbonyl (C=O) groups is 1. The van der Waals surface area contributed by atoms with Gasteiger partial charge >= 0.3 is 5.97 Å². The zero-order valence-corrected chi connectivity index (χ0v) is 11.8. The SMILES string of the molecule is COC1(CNc2ncnc3cc(C(=O)O)ccc23)CCC1. The van der Waals surface area contributed by atoms with Crippen molar-refractivity contribution >= 4 is 22.7 Å². The van der Waals surface area contributed by atoms with Crippen LogP contribution in [0.1, 0.15) is 29.6 Å². The highest BCUT2D eigenvalue weighted by Gasteiger charge is 2.36. The smallest absolute Gasteiger partial charge is 0.335 e. The summed E-state index contributed by atoms with van der Waals surface area (Å²) in [5.74, 6) is -0.252. The number of fused-ring (bicyclic) bond motifs is 1. The van der Waals surface area contributed by atoms with Crippen LogP contribution in [-0.2, 0) is 4.74 Å². The minimum absolute atomic E-state index is 0.0989. The maximum atomic E-state index is 11.0. The molecule has 2 N–H and O–H groups in total. The van der Waals surface area contributed by atoms with Crippen LogP contribution in [-0.4, -0.2) is 40.3 Å². The van der Waals surface area contributed by atoms with Gasteiger partial charge in [-0.3, -0.25) is 0 Å². The van der Waals surface area contributed by atoms with Gasteiger partial charge in [0.2, 0.25) is 0 Å². The van der Waals surface area contributed by atoms with E-state index >= 15 is 0 Å². The molecule has 1 aromatic carbocycles. The summed E-state index contributed by atoms with van der Waals surface area (Å²) < 4.78 is 5.57. The molecule has 2 aromatic rings. The maximum Gasteiger partial charge on any atom is 0.335 e. The molecular formula is C15H17N3O3. The highest BCUT2D eigenvalue weighted by Crippen LogP contribution is 2.35. The molecule has 3 rings (SSSR count). The molecule has 0 unspecified atom stereocenters. The fourth-order valence-corrected chi connectivity index (χ4v) is 2.60. The quantitative estimate of drug-likeness (QED) is 0.878. The summed E-state index contributed by atoms with van der Waals surface area (Å²) in [7, 11) is 1.73. The lowest BCUT2D eigenvalue weighted by Crippen LogP contribution is -2.45. The Kier molecular flexibility index (Phi) is 3.47. The number of anilines is 1. The Morgan fingerprint density at radius 2 is 2.24 bits per heavy atom. The number of hydrogen-bond acceptors (Lipinski definition) is 5. The van der Waals surface area contributed by atoms with E-state index in [4.69, 9.17) is 9.84 Å². The fraction of sp³-hybridized carbons (Fsp3) is 0.400. The first-order valence-electron chi connectivity index (χ1n) is 6.91. The van der Waals surface area contributed by atoms with Crippen molar-refractivity contribution in [1.82, 2.24) is 9.97 Å². The summed E-state index contributed by atoms with van der Waals surface area (Å²) >= 11 is 0. The highest BCUT2D eigenvalue weighted by molar-refractivity contribution is 5.96. The average molecular weight is 287 g/mol. The molecule has 6 nitrogen and oxygen atoms in total. The molecule has 110 valence electrons. The second-order valence-corrected chi connectivity index (χ2v) is 5.35. The minimum Gasteiger partial charge on any atom is -0.478 e. The van der Waals surface area contributed by atoms with Crippen LogP contribution in [0.25, 0.3) is 10.9 Å². The number of carboxylic acids is 1. The van der Waals surface area contributed by atoms with Gasteiger partial charge in [-0.1, -0.05) is 0 Å². The van der Waals surface area contributed by atoms with E-state index in [0.29, 0.717) is 17.9 Å². The van der Waals surface area contributed by atoms with Crippen LogP contribution in [0, 0.1) is 0 Å². The number of rotatable bonds is 5. The first-order valence-corrected chi connectivity index (χ1v) is 6.91. The Morgan fingerprint density at radius 3 is 2.86 bits per heavy atom. The van der Waals surface area contributed by atoms with Gasteiger partial charge < -0.3 is 15.2 Å². The molecule has 1 heterocycles. The Bertz CT molecular complexity index is 677. The molecule has 1 fully saturated rings.